The van der Waals surface area contributed by atoms with E-state index in [0.717, 1.165) is 18.4 Å². The number of methoxy groups -OCH3 is 1. The van der Waals surface area contributed by atoms with Crippen molar-refractivity contribution in [3.05, 3.63) is 77.0 Å². The number of rotatable bonds is 10. The Bertz CT molecular complexity index is 1760. The molecule has 5 aromatic rings. The van der Waals surface area contributed by atoms with Crippen LogP contribution < -0.4 is 4.74 Å². The van der Waals surface area contributed by atoms with Gasteiger partial charge in [-0.05, 0) is 59.4 Å². The molecule has 0 N–H and O–H groups in total. The Kier molecular flexibility index (Phi) is 6.07. The molecule has 1 aliphatic heterocycles. The summed E-state index contributed by atoms with van der Waals surface area (Å²) in [6, 6.07) is 5.03. The number of hydrogen-bond acceptors (Lipinski definition) is 9. The van der Waals surface area contributed by atoms with Gasteiger partial charge in [-0.15, -0.1) is 10.2 Å². The van der Waals surface area contributed by atoms with Gasteiger partial charge in [-0.2, -0.15) is 0 Å². The quantitative estimate of drug-likeness (QED) is 0.237. The third kappa shape index (κ3) is 4.63. The fourth-order valence-electron chi connectivity index (χ4n) is 5.16. The van der Waals surface area contributed by atoms with E-state index < -0.39 is 11.5 Å². The summed E-state index contributed by atoms with van der Waals surface area (Å²) in [7, 11) is 1.37. The van der Waals surface area contributed by atoms with E-state index in [-0.39, 0.29) is 55.4 Å². The number of halogens is 2. The molecule has 1 aromatic carbocycles. The van der Waals surface area contributed by atoms with E-state index in [9.17, 15) is 4.79 Å². The Balaban J connectivity index is 1.09. The van der Waals surface area contributed by atoms with Gasteiger partial charge in [0, 0.05) is 29.9 Å². The maximum atomic E-state index is 15.4. The van der Waals surface area contributed by atoms with Gasteiger partial charge in [0.2, 0.25) is 0 Å². The van der Waals surface area contributed by atoms with Crippen LogP contribution in [0.2, 0.25) is 0 Å². The van der Waals surface area contributed by atoms with Gasteiger partial charge in [0.1, 0.15) is 17.7 Å². The third-order valence-corrected chi connectivity index (χ3v) is 7.56. The summed E-state index contributed by atoms with van der Waals surface area (Å²) >= 11 is 0. The summed E-state index contributed by atoms with van der Waals surface area (Å²) in [6.07, 6.45) is 8.97. The van der Waals surface area contributed by atoms with Crippen molar-refractivity contribution < 1.29 is 23.0 Å². The van der Waals surface area contributed by atoms with Gasteiger partial charge in [-0.25, -0.2) is 23.1 Å². The summed E-state index contributed by atoms with van der Waals surface area (Å²) in [6.45, 7) is 0.276. The van der Waals surface area contributed by atoms with Crippen LogP contribution in [0.3, 0.4) is 0 Å². The number of carbonyl (C=O) groups is 1. The first kappa shape index (κ1) is 25.4. The van der Waals surface area contributed by atoms with E-state index in [1.165, 1.54) is 35.1 Å². The van der Waals surface area contributed by atoms with Crippen LogP contribution >= 0.6 is 0 Å². The first-order chi connectivity index (χ1) is 19.9. The fraction of sp³-hybridized carbons (Fsp3) is 0.370. The number of alkyl halides is 1. The number of benzene rings is 1. The Morgan fingerprint density at radius 2 is 2.05 bits per heavy atom. The molecule has 210 valence electrons. The summed E-state index contributed by atoms with van der Waals surface area (Å²) in [5, 5.41) is 19.2. The standard InChI is InChI=1S/C27H25F2N9O3/c1-40-24-7-5-22(38-15-30-33-35-38)19(25(24)28)4-6-23(39)21-12-37(34-32-21)11-18-10-36-9-17(16-2-3-16)8-20(26(36)31-18)27(29)13-41-14-27/h5,7-10,12,15-16H,2-4,6,11,13-14H2,1H3. The minimum atomic E-state index is -1.55. The summed E-state index contributed by atoms with van der Waals surface area (Å²) < 4.78 is 45.5. The number of pyridine rings is 1. The first-order valence-corrected chi connectivity index (χ1v) is 13.2. The van der Waals surface area contributed by atoms with Gasteiger partial charge in [0.15, 0.2) is 23.0 Å². The number of ether oxygens (including phenoxy) is 2. The highest BCUT2D eigenvalue weighted by molar-refractivity contribution is 5.94. The first-order valence-electron chi connectivity index (χ1n) is 13.2. The second kappa shape index (κ2) is 9.80. The molecule has 0 spiro atoms. The van der Waals surface area contributed by atoms with Crippen molar-refractivity contribution in [3.63, 3.8) is 0 Å². The zero-order valence-corrected chi connectivity index (χ0v) is 22.1. The number of hydrogen-bond donors (Lipinski definition) is 0. The molecule has 1 saturated carbocycles. The lowest BCUT2D eigenvalue weighted by Crippen LogP contribution is -2.43. The second-order valence-electron chi connectivity index (χ2n) is 10.4. The number of fused-ring (bicyclic) bond motifs is 1. The van der Waals surface area contributed by atoms with Crippen molar-refractivity contribution >= 4 is 11.4 Å². The minimum Gasteiger partial charge on any atom is -0.494 e. The minimum absolute atomic E-state index is 0.0183. The highest BCUT2D eigenvalue weighted by Crippen LogP contribution is 2.43. The Labute approximate surface area is 231 Å². The van der Waals surface area contributed by atoms with Crippen molar-refractivity contribution in [2.45, 2.75) is 43.8 Å². The molecule has 1 aliphatic carbocycles. The SMILES string of the molecule is COc1ccc(-n2cnnn2)c(CCC(=O)c2cn(Cc3cn4cc(C5CC5)cc(C5(F)COC5)c4n3)nn2)c1F. The van der Waals surface area contributed by atoms with Crippen molar-refractivity contribution in [3.8, 4) is 11.4 Å². The number of carbonyl (C=O) groups excluding carboxylic acids is 1. The smallest absolute Gasteiger partial charge is 0.185 e. The van der Waals surface area contributed by atoms with E-state index in [2.05, 4.69) is 30.8 Å². The lowest BCUT2D eigenvalue weighted by atomic mass is 9.93. The molecule has 1 saturated heterocycles. The number of tetrazole rings is 1. The van der Waals surface area contributed by atoms with E-state index in [4.69, 9.17) is 9.47 Å². The molecule has 41 heavy (non-hydrogen) atoms. The Morgan fingerprint density at radius 3 is 2.76 bits per heavy atom. The summed E-state index contributed by atoms with van der Waals surface area (Å²) in [4.78, 5) is 17.7. The lowest BCUT2D eigenvalue weighted by Gasteiger charge is -2.34. The average molecular weight is 562 g/mol. The van der Waals surface area contributed by atoms with Crippen LogP contribution in [0.1, 0.15) is 58.1 Å². The molecule has 0 atom stereocenters. The molecule has 12 nitrogen and oxygen atoms in total. The van der Waals surface area contributed by atoms with Crippen molar-refractivity contribution in [1.82, 2.24) is 44.6 Å². The van der Waals surface area contributed by atoms with E-state index in [1.54, 1.807) is 6.07 Å². The molecule has 14 heteroatoms. The number of Topliss-reactive ketones (excluding diaryl/α,β-unsaturated/α-hetero) is 1. The Hall–Kier alpha value is -4.59. The molecular weight excluding hydrogens is 536 g/mol. The molecule has 0 amide bonds. The second-order valence-corrected chi connectivity index (χ2v) is 10.4. The zero-order valence-electron chi connectivity index (χ0n) is 22.1. The molecule has 0 unspecified atom stereocenters. The van der Waals surface area contributed by atoms with Gasteiger partial charge in [-0.1, -0.05) is 5.21 Å². The highest BCUT2D eigenvalue weighted by Gasteiger charge is 2.43. The van der Waals surface area contributed by atoms with Crippen LogP contribution in [0, 0.1) is 5.82 Å². The molecule has 2 aliphatic rings. The maximum Gasteiger partial charge on any atom is 0.185 e. The number of ketones is 1. The topological polar surface area (TPSA) is 127 Å². The molecule has 7 rings (SSSR count). The van der Waals surface area contributed by atoms with E-state index in [1.807, 2.05) is 22.9 Å². The van der Waals surface area contributed by atoms with Crippen molar-refractivity contribution in [2.24, 2.45) is 0 Å². The normalized spacial score (nSPS) is 16.2. The monoisotopic (exact) mass is 561 g/mol. The van der Waals surface area contributed by atoms with E-state index in [0.29, 0.717) is 28.5 Å². The Morgan fingerprint density at radius 1 is 1.20 bits per heavy atom. The fourth-order valence-corrected chi connectivity index (χ4v) is 5.16. The third-order valence-electron chi connectivity index (χ3n) is 7.56. The average Bonchev–Trinajstić information content (AvgIpc) is 3.30. The highest BCUT2D eigenvalue weighted by atomic mass is 19.1. The summed E-state index contributed by atoms with van der Waals surface area (Å²) in [5.74, 6) is -0.390. The van der Waals surface area contributed by atoms with Gasteiger partial charge in [0.25, 0.3) is 0 Å². The van der Waals surface area contributed by atoms with Crippen LogP contribution in [-0.2, 0) is 23.4 Å². The number of imidazole rings is 1. The van der Waals surface area contributed by atoms with Gasteiger partial charge in [-0.3, -0.25) is 4.79 Å². The van der Waals surface area contributed by atoms with Crippen LogP contribution in [0.4, 0.5) is 8.78 Å². The van der Waals surface area contributed by atoms with Crippen molar-refractivity contribution in [1.29, 1.82) is 0 Å². The molecular formula is C27H25F2N9O3. The van der Waals surface area contributed by atoms with Crippen LogP contribution in [0.5, 0.6) is 5.75 Å². The van der Waals surface area contributed by atoms with Gasteiger partial charge >= 0.3 is 0 Å². The zero-order chi connectivity index (χ0) is 28.1. The van der Waals surface area contributed by atoms with Crippen molar-refractivity contribution in [2.75, 3.05) is 20.3 Å². The molecule has 5 heterocycles. The predicted octanol–water partition coefficient (Wildman–Crippen LogP) is 2.99. The molecule has 2 fully saturated rings. The maximum absolute atomic E-state index is 15.4. The molecule has 0 bridgehead atoms. The number of aromatic nitrogens is 9. The summed E-state index contributed by atoms with van der Waals surface area (Å²) in [5.41, 5.74) is 2.09. The van der Waals surface area contributed by atoms with E-state index >= 15 is 8.78 Å². The van der Waals surface area contributed by atoms with Gasteiger partial charge in [0.05, 0.1) is 44.4 Å². The predicted molar refractivity (Wildman–Crippen MR) is 138 cm³/mol. The van der Waals surface area contributed by atoms with Gasteiger partial charge < -0.3 is 13.9 Å². The lowest BCUT2D eigenvalue weighted by molar-refractivity contribution is -0.134. The molecule has 4 aromatic heterocycles. The van der Waals surface area contributed by atoms with Crippen LogP contribution in [0.25, 0.3) is 11.3 Å². The van der Waals surface area contributed by atoms with Crippen LogP contribution in [0.15, 0.2) is 43.1 Å². The van der Waals surface area contributed by atoms with Crippen LogP contribution in [-0.4, -0.2) is 70.7 Å². The number of nitrogens with zero attached hydrogens (tertiary/aromatic N) is 9. The molecule has 0 radical (unpaired) electrons. The largest absolute Gasteiger partial charge is 0.494 e.